The summed E-state index contributed by atoms with van der Waals surface area (Å²) in [6, 6.07) is -0.672. The fourth-order valence-corrected chi connectivity index (χ4v) is 5.82. The monoisotopic (exact) mass is 771 g/mol. The van der Waals surface area contributed by atoms with Gasteiger partial charge in [0.15, 0.2) is 0 Å². The number of unbranched alkanes of at least 4 members (excludes halogenated alkanes) is 13. The summed E-state index contributed by atoms with van der Waals surface area (Å²) in [6.45, 7) is 11.5. The summed E-state index contributed by atoms with van der Waals surface area (Å²) in [7, 11) is 0. The molecule has 1 unspecified atom stereocenters. The second kappa shape index (κ2) is 37.2. The topological polar surface area (TPSA) is 181 Å². The molecule has 0 radical (unpaired) electrons. The lowest BCUT2D eigenvalue weighted by Crippen LogP contribution is -2.48. The van der Waals surface area contributed by atoms with Crippen LogP contribution in [0.5, 0.6) is 0 Å². The molecule has 4 amide bonds. The lowest BCUT2D eigenvalue weighted by atomic mass is 10.0. The number of aliphatic carboxylic acids is 1. The molecule has 0 heterocycles. The van der Waals surface area contributed by atoms with Gasteiger partial charge in [-0.1, -0.05) is 105 Å². The third kappa shape index (κ3) is 37.5. The molecule has 0 aromatic rings. The molecule has 0 aliphatic heterocycles. The summed E-state index contributed by atoms with van der Waals surface area (Å²) in [5.74, 6) is -0.611. The highest BCUT2D eigenvalue weighted by atomic mass is 16.5. The average molecular weight is 771 g/mol. The second-order valence-electron chi connectivity index (χ2n) is 15.1. The molecule has 13 heteroatoms. The van der Waals surface area contributed by atoms with Crippen molar-refractivity contribution in [1.82, 2.24) is 21.3 Å². The van der Waals surface area contributed by atoms with Crippen molar-refractivity contribution in [2.45, 2.75) is 162 Å². The normalized spacial score (nSPS) is 11.8. The maximum atomic E-state index is 12.8. The van der Waals surface area contributed by atoms with Gasteiger partial charge in [-0.2, -0.15) is 0 Å². The number of rotatable bonds is 39. The molecule has 0 aromatic carbocycles. The van der Waals surface area contributed by atoms with E-state index in [-0.39, 0.29) is 35.5 Å². The molecule has 0 saturated carbocycles. The zero-order valence-corrected chi connectivity index (χ0v) is 34.5. The van der Waals surface area contributed by atoms with Crippen molar-refractivity contribution in [2.24, 2.45) is 11.8 Å². The first-order valence-electron chi connectivity index (χ1n) is 21.1. The molecule has 316 valence electrons. The van der Waals surface area contributed by atoms with Crippen LogP contribution >= 0.6 is 0 Å². The first kappa shape index (κ1) is 51.2. The molecule has 0 saturated heterocycles. The van der Waals surface area contributed by atoms with Crippen molar-refractivity contribution in [3.63, 3.8) is 0 Å². The molecule has 0 rings (SSSR count). The van der Waals surface area contributed by atoms with Gasteiger partial charge in [0.1, 0.15) is 6.04 Å². The van der Waals surface area contributed by atoms with Gasteiger partial charge < -0.3 is 40.6 Å². The minimum Gasteiger partial charge on any atom is -0.481 e. The SMILES string of the molecule is CC(C)CC(=O)NCCCC(NC(=O)CC(C)C)C(=O)NCCOCCOCCOCCNC(=O)CCCCCCCCCCCCCCCCC(=O)O. The standard InChI is InChI=1S/C41H78N4O9/c1-34(2)32-38(47)42-23-19-20-36(45-39(48)33-35(3)4)41(51)44-25-27-53-29-31-54-30-28-52-26-24-43-37(46)21-17-15-13-11-9-7-5-6-8-10-12-14-16-18-22-40(49)50/h34-36H,5-33H2,1-4H3,(H,42,47)(H,43,46)(H,44,51)(H,45,48)(H,49,50). The molecule has 13 nitrogen and oxygen atoms in total. The van der Waals surface area contributed by atoms with E-state index in [0.29, 0.717) is 97.8 Å². The molecular weight excluding hydrogens is 692 g/mol. The zero-order valence-electron chi connectivity index (χ0n) is 34.5. The van der Waals surface area contributed by atoms with Gasteiger partial charge in [0, 0.05) is 45.3 Å². The van der Waals surface area contributed by atoms with Crippen LogP contribution in [0.2, 0.25) is 0 Å². The fourth-order valence-electron chi connectivity index (χ4n) is 5.82. The van der Waals surface area contributed by atoms with E-state index in [1.54, 1.807) is 0 Å². The number of carboxylic acid groups (broad SMARTS) is 1. The highest BCUT2D eigenvalue weighted by Gasteiger charge is 2.20. The van der Waals surface area contributed by atoms with Gasteiger partial charge in [0.25, 0.3) is 0 Å². The number of carboxylic acids is 1. The number of nitrogens with one attached hydrogen (secondary N) is 4. The molecule has 1 atom stereocenters. The van der Waals surface area contributed by atoms with E-state index in [2.05, 4.69) is 21.3 Å². The Labute approximate surface area is 326 Å². The van der Waals surface area contributed by atoms with Gasteiger partial charge >= 0.3 is 5.97 Å². The van der Waals surface area contributed by atoms with Gasteiger partial charge in [-0.3, -0.25) is 24.0 Å². The number of amides is 4. The van der Waals surface area contributed by atoms with E-state index < -0.39 is 12.0 Å². The fraction of sp³-hybridized carbons (Fsp3) is 0.878. The summed E-state index contributed by atoms with van der Waals surface area (Å²) in [4.78, 5) is 59.5. The average Bonchev–Trinajstić information content (AvgIpc) is 3.10. The van der Waals surface area contributed by atoms with Crippen LogP contribution in [-0.4, -0.2) is 100 Å². The van der Waals surface area contributed by atoms with Crippen LogP contribution < -0.4 is 21.3 Å². The number of ether oxygens (including phenoxy) is 3. The van der Waals surface area contributed by atoms with Gasteiger partial charge in [-0.05, 0) is 37.5 Å². The van der Waals surface area contributed by atoms with Gasteiger partial charge in [0.2, 0.25) is 23.6 Å². The summed E-state index contributed by atoms with van der Waals surface area (Å²) in [5, 5.41) is 20.1. The van der Waals surface area contributed by atoms with Crippen molar-refractivity contribution >= 4 is 29.6 Å². The van der Waals surface area contributed by atoms with Crippen LogP contribution in [0.1, 0.15) is 156 Å². The van der Waals surface area contributed by atoms with Crippen LogP contribution in [0.15, 0.2) is 0 Å². The summed E-state index contributed by atoms with van der Waals surface area (Å²) < 4.78 is 16.6. The Morgan fingerprint density at radius 3 is 1.35 bits per heavy atom. The summed E-state index contributed by atoms with van der Waals surface area (Å²) in [5.41, 5.74) is 0. The van der Waals surface area contributed by atoms with Gasteiger partial charge in [-0.25, -0.2) is 0 Å². The van der Waals surface area contributed by atoms with Crippen LogP contribution in [0.3, 0.4) is 0 Å². The van der Waals surface area contributed by atoms with E-state index in [1.807, 2.05) is 27.7 Å². The van der Waals surface area contributed by atoms with E-state index in [9.17, 15) is 24.0 Å². The van der Waals surface area contributed by atoms with Crippen molar-refractivity contribution in [3.05, 3.63) is 0 Å². The zero-order chi connectivity index (χ0) is 40.1. The van der Waals surface area contributed by atoms with Crippen molar-refractivity contribution in [1.29, 1.82) is 0 Å². The van der Waals surface area contributed by atoms with Gasteiger partial charge in [0.05, 0.1) is 39.6 Å². The molecule has 0 fully saturated rings. The first-order chi connectivity index (χ1) is 26.0. The summed E-state index contributed by atoms with van der Waals surface area (Å²) in [6.07, 6.45) is 18.9. The predicted molar refractivity (Wildman–Crippen MR) is 213 cm³/mol. The molecule has 0 bridgehead atoms. The Hall–Kier alpha value is -2.77. The molecule has 0 aliphatic rings. The number of carbonyl (C=O) groups is 5. The Balaban J connectivity index is 3.67. The van der Waals surface area contributed by atoms with Gasteiger partial charge in [-0.15, -0.1) is 0 Å². The Kier molecular flexibility index (Phi) is 35.3. The quantitative estimate of drug-likeness (QED) is 0.0464. The lowest BCUT2D eigenvalue weighted by molar-refractivity contribution is -0.137. The molecule has 0 spiro atoms. The van der Waals surface area contributed by atoms with Crippen molar-refractivity contribution in [3.8, 4) is 0 Å². The molecular formula is C41H78N4O9. The Bertz CT molecular complexity index is 965. The third-order valence-corrected chi connectivity index (χ3v) is 8.73. The minimum absolute atomic E-state index is 0.0112. The molecule has 54 heavy (non-hydrogen) atoms. The Morgan fingerprint density at radius 2 is 0.870 bits per heavy atom. The first-order valence-corrected chi connectivity index (χ1v) is 21.1. The summed E-state index contributed by atoms with van der Waals surface area (Å²) >= 11 is 0. The van der Waals surface area contributed by atoms with E-state index in [1.165, 1.54) is 57.8 Å². The Morgan fingerprint density at radius 1 is 0.463 bits per heavy atom. The van der Waals surface area contributed by atoms with Crippen LogP contribution in [0.25, 0.3) is 0 Å². The van der Waals surface area contributed by atoms with E-state index >= 15 is 0 Å². The maximum Gasteiger partial charge on any atom is 0.303 e. The predicted octanol–water partition coefficient (Wildman–Crippen LogP) is 6.07. The largest absolute Gasteiger partial charge is 0.481 e. The third-order valence-electron chi connectivity index (χ3n) is 8.73. The molecule has 5 N–H and O–H groups in total. The molecule has 0 aromatic heterocycles. The second-order valence-corrected chi connectivity index (χ2v) is 15.1. The van der Waals surface area contributed by atoms with Crippen LogP contribution in [-0.2, 0) is 38.2 Å². The highest BCUT2D eigenvalue weighted by Crippen LogP contribution is 2.14. The maximum absolute atomic E-state index is 12.8. The van der Waals surface area contributed by atoms with E-state index in [0.717, 1.165) is 32.1 Å². The molecule has 0 aliphatic carbocycles. The smallest absolute Gasteiger partial charge is 0.303 e. The van der Waals surface area contributed by atoms with Crippen LogP contribution in [0.4, 0.5) is 0 Å². The van der Waals surface area contributed by atoms with Crippen LogP contribution in [0, 0.1) is 11.8 Å². The van der Waals surface area contributed by atoms with Crippen molar-refractivity contribution in [2.75, 3.05) is 59.3 Å². The number of carbonyl (C=O) groups excluding carboxylic acids is 4. The highest BCUT2D eigenvalue weighted by molar-refractivity contribution is 5.87. The lowest BCUT2D eigenvalue weighted by Gasteiger charge is -2.19. The van der Waals surface area contributed by atoms with Crippen molar-refractivity contribution < 1.29 is 43.3 Å². The minimum atomic E-state index is -0.690. The van der Waals surface area contributed by atoms with E-state index in [4.69, 9.17) is 19.3 Å². The number of hydrogen-bond acceptors (Lipinski definition) is 8. The number of hydrogen-bond donors (Lipinski definition) is 5.